The third kappa shape index (κ3) is 2.58. The molecule has 0 fully saturated rings. The minimum absolute atomic E-state index is 0.365. The Labute approximate surface area is 189 Å². The summed E-state index contributed by atoms with van der Waals surface area (Å²) in [5.74, 6) is -1.65. The van der Waals surface area contributed by atoms with Crippen molar-refractivity contribution >= 4 is 27.5 Å². The normalized spacial score (nSPS) is 17.3. The highest BCUT2D eigenvalue weighted by Crippen LogP contribution is 2.52. The molecule has 160 valence electrons. The molecule has 0 bridgehead atoms. The maximum Gasteiger partial charge on any atom is 0.340 e. The first kappa shape index (κ1) is 19.5. The summed E-state index contributed by atoms with van der Waals surface area (Å²) in [6, 6.07) is 27.5. The minimum atomic E-state index is -1.38. The first-order valence-electron chi connectivity index (χ1n) is 10.7. The zero-order valence-corrected chi connectivity index (χ0v) is 17.8. The van der Waals surface area contributed by atoms with Crippen molar-refractivity contribution in [2.75, 3.05) is 0 Å². The lowest BCUT2D eigenvalue weighted by atomic mass is 9.76. The lowest BCUT2D eigenvalue weighted by Crippen LogP contribution is -2.30. The summed E-state index contributed by atoms with van der Waals surface area (Å²) in [7, 11) is 0. The van der Waals surface area contributed by atoms with Gasteiger partial charge in [-0.25, -0.2) is 9.18 Å². The highest BCUT2D eigenvalue weighted by molar-refractivity contribution is 6.01. The number of phenols is 1. The Bertz CT molecular complexity index is 1600. The molecule has 33 heavy (non-hydrogen) atoms. The van der Waals surface area contributed by atoms with Crippen LogP contribution in [-0.2, 0) is 10.3 Å². The number of carbonyl (C=O) groups is 1. The lowest BCUT2D eigenvalue weighted by molar-refractivity contribution is 0.0259. The quantitative estimate of drug-likeness (QED) is 0.318. The molecule has 0 aliphatic carbocycles. The van der Waals surface area contributed by atoms with E-state index in [1.165, 1.54) is 6.07 Å². The van der Waals surface area contributed by atoms with Crippen LogP contribution >= 0.6 is 0 Å². The molecular formula is C29H19FO3. The second-order valence-corrected chi connectivity index (χ2v) is 8.39. The smallest absolute Gasteiger partial charge is 0.340 e. The van der Waals surface area contributed by atoms with Gasteiger partial charge in [-0.3, -0.25) is 0 Å². The van der Waals surface area contributed by atoms with Gasteiger partial charge in [0.15, 0.2) is 17.2 Å². The molecule has 5 aromatic carbocycles. The fourth-order valence-electron chi connectivity index (χ4n) is 5.14. The number of halogens is 1. The summed E-state index contributed by atoms with van der Waals surface area (Å²) in [5.41, 5.74) is 2.02. The molecule has 0 radical (unpaired) electrons. The first-order chi connectivity index (χ1) is 16.0. The van der Waals surface area contributed by atoms with Crippen LogP contribution in [0, 0.1) is 12.7 Å². The zero-order chi connectivity index (χ0) is 22.7. The molecule has 1 aliphatic heterocycles. The van der Waals surface area contributed by atoms with Gasteiger partial charge in [0.25, 0.3) is 0 Å². The van der Waals surface area contributed by atoms with Crippen molar-refractivity contribution in [1.29, 1.82) is 0 Å². The van der Waals surface area contributed by atoms with Crippen molar-refractivity contribution in [3.63, 3.8) is 0 Å². The van der Waals surface area contributed by atoms with E-state index in [4.69, 9.17) is 4.74 Å². The van der Waals surface area contributed by atoms with E-state index in [0.29, 0.717) is 27.5 Å². The molecule has 0 saturated heterocycles. The summed E-state index contributed by atoms with van der Waals surface area (Å²) in [5, 5.41) is 13.4. The van der Waals surface area contributed by atoms with E-state index >= 15 is 4.39 Å². The highest BCUT2D eigenvalue weighted by atomic mass is 19.1. The predicted octanol–water partition coefficient (Wildman–Crippen LogP) is 6.61. The fraction of sp³-hybridized carbons (Fsp3) is 0.0690. The maximum absolute atomic E-state index is 15.1. The number of rotatable bonds is 2. The Balaban J connectivity index is 1.84. The number of cyclic esters (lactones) is 1. The molecule has 0 spiro atoms. The SMILES string of the molecule is Cc1ccc(C2(c3cc(F)c(O)c4ccccc34)OC(=O)c3ccccc32)c2ccccc12. The molecular weight excluding hydrogens is 415 g/mol. The monoisotopic (exact) mass is 434 g/mol. The van der Waals surface area contributed by atoms with Crippen LogP contribution in [0.25, 0.3) is 21.5 Å². The first-order valence-corrected chi connectivity index (χ1v) is 10.7. The highest BCUT2D eigenvalue weighted by Gasteiger charge is 2.50. The number of esters is 1. The summed E-state index contributed by atoms with van der Waals surface area (Å²) in [4.78, 5) is 13.2. The molecule has 0 amide bonds. The van der Waals surface area contributed by atoms with Crippen LogP contribution in [0.4, 0.5) is 4.39 Å². The minimum Gasteiger partial charge on any atom is -0.504 e. The molecule has 1 atom stereocenters. The molecule has 4 heteroatoms. The van der Waals surface area contributed by atoms with E-state index in [-0.39, 0.29) is 0 Å². The van der Waals surface area contributed by atoms with Gasteiger partial charge in [0.05, 0.1) is 5.56 Å². The molecule has 6 rings (SSSR count). The Hall–Kier alpha value is -4.18. The Morgan fingerprint density at radius 1 is 0.727 bits per heavy atom. The van der Waals surface area contributed by atoms with E-state index < -0.39 is 23.1 Å². The van der Waals surface area contributed by atoms with Crippen molar-refractivity contribution in [3.8, 4) is 5.75 Å². The van der Waals surface area contributed by atoms with Gasteiger partial charge >= 0.3 is 5.97 Å². The van der Waals surface area contributed by atoms with Crippen LogP contribution in [0.1, 0.15) is 32.6 Å². The van der Waals surface area contributed by atoms with Gasteiger partial charge in [0, 0.05) is 22.1 Å². The average molecular weight is 434 g/mol. The van der Waals surface area contributed by atoms with Crippen LogP contribution < -0.4 is 0 Å². The molecule has 1 aliphatic rings. The van der Waals surface area contributed by atoms with E-state index in [9.17, 15) is 9.90 Å². The summed E-state index contributed by atoms with van der Waals surface area (Å²) in [6.07, 6.45) is 0. The van der Waals surface area contributed by atoms with Crippen molar-refractivity contribution in [3.05, 3.63) is 125 Å². The van der Waals surface area contributed by atoms with Gasteiger partial charge in [-0.05, 0) is 40.8 Å². The van der Waals surface area contributed by atoms with Crippen LogP contribution in [0.3, 0.4) is 0 Å². The van der Waals surface area contributed by atoms with Gasteiger partial charge in [0.2, 0.25) is 0 Å². The third-order valence-corrected chi connectivity index (χ3v) is 6.64. The number of benzene rings is 5. The molecule has 1 unspecified atom stereocenters. The molecule has 5 aromatic rings. The second kappa shape index (κ2) is 6.91. The maximum atomic E-state index is 15.1. The van der Waals surface area contributed by atoms with Crippen LogP contribution in [0.5, 0.6) is 5.75 Å². The Morgan fingerprint density at radius 3 is 2.09 bits per heavy atom. The standard InChI is InChI=1S/C29H19FO3/c1-17-14-15-24(19-9-3-2-8-18(17)19)29(23-13-7-6-12-22(23)28(32)33-29)25-16-26(30)27(31)21-11-5-4-10-20(21)25/h2-16,31H,1H3. The van der Waals surface area contributed by atoms with E-state index in [1.807, 2.05) is 67.6 Å². The van der Waals surface area contributed by atoms with Crippen LogP contribution in [0.15, 0.2) is 91.0 Å². The largest absolute Gasteiger partial charge is 0.504 e. The lowest BCUT2D eigenvalue weighted by Gasteiger charge is -2.33. The molecule has 1 heterocycles. The summed E-state index contributed by atoms with van der Waals surface area (Å²) in [6.45, 7) is 2.03. The fourth-order valence-corrected chi connectivity index (χ4v) is 5.14. The topological polar surface area (TPSA) is 46.5 Å². The summed E-state index contributed by atoms with van der Waals surface area (Å²) >= 11 is 0. The summed E-state index contributed by atoms with van der Waals surface area (Å²) < 4.78 is 21.4. The van der Waals surface area contributed by atoms with Gasteiger partial charge in [0.1, 0.15) is 0 Å². The van der Waals surface area contributed by atoms with Crippen molar-refractivity contribution in [2.24, 2.45) is 0 Å². The average Bonchev–Trinajstić information content (AvgIpc) is 3.15. The number of hydrogen-bond donors (Lipinski definition) is 1. The number of carbonyl (C=O) groups excluding carboxylic acids is 1. The molecule has 0 saturated carbocycles. The van der Waals surface area contributed by atoms with Gasteiger partial charge in [-0.15, -0.1) is 0 Å². The Kier molecular flexibility index (Phi) is 4.08. The number of phenolic OH excluding ortho intramolecular Hbond substituents is 1. The third-order valence-electron chi connectivity index (χ3n) is 6.64. The van der Waals surface area contributed by atoms with E-state index in [0.717, 1.165) is 21.9 Å². The van der Waals surface area contributed by atoms with Gasteiger partial charge < -0.3 is 9.84 Å². The Morgan fingerprint density at radius 2 is 1.33 bits per heavy atom. The van der Waals surface area contributed by atoms with Crippen molar-refractivity contribution in [2.45, 2.75) is 12.5 Å². The van der Waals surface area contributed by atoms with E-state index in [2.05, 4.69) is 0 Å². The molecule has 1 N–H and O–H groups in total. The number of hydrogen-bond acceptors (Lipinski definition) is 3. The predicted molar refractivity (Wildman–Crippen MR) is 126 cm³/mol. The number of aromatic hydroxyl groups is 1. The zero-order valence-electron chi connectivity index (χ0n) is 17.8. The van der Waals surface area contributed by atoms with Crippen LogP contribution in [0.2, 0.25) is 0 Å². The molecule has 0 aromatic heterocycles. The van der Waals surface area contributed by atoms with Gasteiger partial charge in [-0.1, -0.05) is 78.9 Å². The number of ether oxygens (including phenoxy) is 1. The van der Waals surface area contributed by atoms with Crippen molar-refractivity contribution in [1.82, 2.24) is 0 Å². The van der Waals surface area contributed by atoms with Crippen LogP contribution in [-0.4, -0.2) is 11.1 Å². The van der Waals surface area contributed by atoms with Crippen molar-refractivity contribution < 1.29 is 19.0 Å². The van der Waals surface area contributed by atoms with Gasteiger partial charge in [-0.2, -0.15) is 0 Å². The number of fused-ring (bicyclic) bond motifs is 3. The van der Waals surface area contributed by atoms with E-state index in [1.54, 1.807) is 24.3 Å². The number of aryl methyl sites for hydroxylation is 1. The second-order valence-electron chi connectivity index (χ2n) is 8.39. The molecule has 3 nitrogen and oxygen atoms in total.